The van der Waals surface area contributed by atoms with E-state index in [1.165, 1.54) is 6.07 Å². The lowest BCUT2D eigenvalue weighted by atomic mass is 10.1. The van der Waals surface area contributed by atoms with Crippen molar-refractivity contribution in [3.05, 3.63) is 47.0 Å². The van der Waals surface area contributed by atoms with Crippen LogP contribution >= 0.6 is 0 Å². The van der Waals surface area contributed by atoms with Gasteiger partial charge in [0.1, 0.15) is 11.5 Å². The van der Waals surface area contributed by atoms with Crippen molar-refractivity contribution in [3.63, 3.8) is 0 Å². The van der Waals surface area contributed by atoms with Crippen molar-refractivity contribution in [2.75, 3.05) is 0 Å². The lowest BCUT2D eigenvalue weighted by Gasteiger charge is -2.10. The maximum absolute atomic E-state index is 14.0. The second-order valence-electron chi connectivity index (χ2n) is 4.34. The predicted octanol–water partition coefficient (Wildman–Crippen LogP) is 2.65. The molecule has 0 aliphatic heterocycles. The number of aryl methyl sites for hydroxylation is 2. The largest absolute Gasteiger partial charge is 0.324 e. The minimum Gasteiger partial charge on any atom is -0.324 e. The molecule has 0 spiro atoms. The van der Waals surface area contributed by atoms with E-state index in [1.807, 2.05) is 32.9 Å². The molecule has 1 aromatic heterocycles. The van der Waals surface area contributed by atoms with Crippen molar-refractivity contribution in [2.45, 2.75) is 26.8 Å². The third-order valence-electron chi connectivity index (χ3n) is 2.74. The van der Waals surface area contributed by atoms with Gasteiger partial charge < -0.3 is 5.73 Å². The Labute approximate surface area is 100 Å². The van der Waals surface area contributed by atoms with Gasteiger partial charge in [0.05, 0.1) is 5.69 Å². The quantitative estimate of drug-likeness (QED) is 0.866. The molecule has 0 aliphatic carbocycles. The first-order chi connectivity index (χ1) is 7.99. The summed E-state index contributed by atoms with van der Waals surface area (Å²) in [5, 5.41) is 4.26. The lowest BCUT2D eigenvalue weighted by molar-refractivity contribution is 0.603. The zero-order chi connectivity index (χ0) is 12.6. The van der Waals surface area contributed by atoms with Crippen LogP contribution in [-0.2, 0) is 0 Å². The molecule has 4 heteroatoms. The average molecular weight is 233 g/mol. The monoisotopic (exact) mass is 233 g/mol. The van der Waals surface area contributed by atoms with Crippen LogP contribution in [0.2, 0.25) is 0 Å². The number of nitrogens with zero attached hydrogens (tertiary/aromatic N) is 2. The molecule has 1 atom stereocenters. The van der Waals surface area contributed by atoms with E-state index in [1.54, 1.807) is 10.7 Å². The SMILES string of the molecule is Cc1cc(C)n(-c2ccc([C@H](C)N)cc2F)n1. The molecule has 0 radical (unpaired) electrons. The van der Waals surface area contributed by atoms with Gasteiger partial charge in [0.2, 0.25) is 0 Å². The van der Waals surface area contributed by atoms with Gasteiger partial charge in [-0.1, -0.05) is 6.07 Å². The molecule has 0 saturated carbocycles. The number of rotatable bonds is 2. The van der Waals surface area contributed by atoms with Gasteiger partial charge in [0.15, 0.2) is 0 Å². The maximum atomic E-state index is 14.0. The summed E-state index contributed by atoms with van der Waals surface area (Å²) in [6, 6.07) is 6.77. The second-order valence-corrected chi connectivity index (χ2v) is 4.34. The number of halogens is 1. The van der Waals surface area contributed by atoms with Crippen molar-refractivity contribution in [2.24, 2.45) is 5.73 Å². The molecule has 3 nitrogen and oxygen atoms in total. The van der Waals surface area contributed by atoms with Crippen molar-refractivity contribution in [3.8, 4) is 5.69 Å². The fourth-order valence-corrected chi connectivity index (χ4v) is 1.85. The summed E-state index contributed by atoms with van der Waals surface area (Å²) in [5.74, 6) is -0.300. The summed E-state index contributed by atoms with van der Waals surface area (Å²) in [6.45, 7) is 5.62. The molecule has 0 bridgehead atoms. The molecule has 0 unspecified atom stereocenters. The number of hydrogen-bond donors (Lipinski definition) is 1. The third-order valence-corrected chi connectivity index (χ3v) is 2.74. The normalized spacial score (nSPS) is 12.8. The van der Waals surface area contributed by atoms with E-state index in [0.717, 1.165) is 17.0 Å². The highest BCUT2D eigenvalue weighted by Gasteiger charge is 2.10. The Morgan fingerprint density at radius 1 is 1.29 bits per heavy atom. The van der Waals surface area contributed by atoms with Crippen LogP contribution in [0.4, 0.5) is 4.39 Å². The molecule has 0 aliphatic rings. The van der Waals surface area contributed by atoms with Crippen molar-refractivity contribution in [1.82, 2.24) is 9.78 Å². The molecular formula is C13H16FN3. The molecule has 17 heavy (non-hydrogen) atoms. The topological polar surface area (TPSA) is 43.8 Å². The molecule has 2 aromatic rings. The summed E-state index contributed by atoms with van der Waals surface area (Å²) in [5.41, 5.74) is 8.74. The van der Waals surface area contributed by atoms with Crippen LogP contribution < -0.4 is 5.73 Å². The van der Waals surface area contributed by atoms with Gasteiger partial charge in [-0.3, -0.25) is 0 Å². The summed E-state index contributed by atoms with van der Waals surface area (Å²) in [4.78, 5) is 0. The molecule has 2 rings (SSSR count). The van der Waals surface area contributed by atoms with Gasteiger partial charge in [-0.15, -0.1) is 0 Å². The minimum absolute atomic E-state index is 0.168. The molecule has 0 saturated heterocycles. The van der Waals surface area contributed by atoms with Gasteiger partial charge in [0, 0.05) is 11.7 Å². The first kappa shape index (κ1) is 11.8. The summed E-state index contributed by atoms with van der Waals surface area (Å²) in [7, 11) is 0. The van der Waals surface area contributed by atoms with Crippen LogP contribution in [0.3, 0.4) is 0 Å². The van der Waals surface area contributed by atoms with Crippen LogP contribution in [0.15, 0.2) is 24.3 Å². The molecule has 1 aromatic carbocycles. The van der Waals surface area contributed by atoms with Gasteiger partial charge in [-0.25, -0.2) is 9.07 Å². The van der Waals surface area contributed by atoms with Gasteiger partial charge >= 0.3 is 0 Å². The first-order valence-electron chi connectivity index (χ1n) is 5.57. The highest BCUT2D eigenvalue weighted by Crippen LogP contribution is 2.19. The summed E-state index contributed by atoms with van der Waals surface area (Å²) < 4.78 is 15.6. The van der Waals surface area contributed by atoms with Crippen LogP contribution in [0.5, 0.6) is 0 Å². The molecule has 90 valence electrons. The number of benzene rings is 1. The summed E-state index contributed by atoms with van der Waals surface area (Å²) in [6.07, 6.45) is 0. The van der Waals surface area contributed by atoms with Crippen LogP contribution in [0, 0.1) is 19.7 Å². The third kappa shape index (κ3) is 2.22. The fraction of sp³-hybridized carbons (Fsp3) is 0.308. The van der Waals surface area contributed by atoms with Crippen LogP contribution in [-0.4, -0.2) is 9.78 Å². The Morgan fingerprint density at radius 3 is 2.47 bits per heavy atom. The van der Waals surface area contributed by atoms with E-state index >= 15 is 0 Å². The average Bonchev–Trinajstić information content (AvgIpc) is 2.57. The Kier molecular flexibility index (Phi) is 2.98. The molecular weight excluding hydrogens is 217 g/mol. The molecule has 0 fully saturated rings. The number of aromatic nitrogens is 2. The Hall–Kier alpha value is -1.68. The van der Waals surface area contributed by atoms with E-state index in [2.05, 4.69) is 5.10 Å². The van der Waals surface area contributed by atoms with E-state index in [0.29, 0.717) is 5.69 Å². The zero-order valence-corrected chi connectivity index (χ0v) is 10.2. The van der Waals surface area contributed by atoms with Gasteiger partial charge in [0.25, 0.3) is 0 Å². The Morgan fingerprint density at radius 2 is 2.00 bits per heavy atom. The van der Waals surface area contributed by atoms with Crippen LogP contribution in [0.25, 0.3) is 5.69 Å². The lowest BCUT2D eigenvalue weighted by Crippen LogP contribution is -2.07. The molecule has 2 N–H and O–H groups in total. The van der Waals surface area contributed by atoms with Crippen molar-refractivity contribution in [1.29, 1.82) is 0 Å². The molecule has 0 amide bonds. The van der Waals surface area contributed by atoms with E-state index in [-0.39, 0.29) is 11.9 Å². The van der Waals surface area contributed by atoms with E-state index in [4.69, 9.17) is 5.73 Å². The smallest absolute Gasteiger partial charge is 0.149 e. The van der Waals surface area contributed by atoms with E-state index < -0.39 is 0 Å². The highest BCUT2D eigenvalue weighted by molar-refractivity contribution is 5.38. The van der Waals surface area contributed by atoms with Crippen molar-refractivity contribution >= 4 is 0 Å². The van der Waals surface area contributed by atoms with Gasteiger partial charge in [-0.05, 0) is 44.5 Å². The summed E-state index contributed by atoms with van der Waals surface area (Å²) >= 11 is 0. The number of hydrogen-bond acceptors (Lipinski definition) is 2. The Balaban J connectivity index is 2.50. The first-order valence-corrected chi connectivity index (χ1v) is 5.57. The predicted molar refractivity (Wildman–Crippen MR) is 65.6 cm³/mol. The van der Waals surface area contributed by atoms with Gasteiger partial charge in [-0.2, -0.15) is 5.10 Å². The van der Waals surface area contributed by atoms with Crippen LogP contribution in [0.1, 0.15) is 29.9 Å². The number of nitrogens with two attached hydrogens (primary N) is 1. The second kappa shape index (κ2) is 4.30. The fourth-order valence-electron chi connectivity index (χ4n) is 1.85. The standard InChI is InChI=1S/C13H16FN3/c1-8-6-9(2)17(16-8)13-5-4-11(10(3)15)7-12(13)14/h4-7,10H,15H2,1-3H3/t10-/m0/s1. The Bertz CT molecular complexity index is 544. The highest BCUT2D eigenvalue weighted by atomic mass is 19.1. The van der Waals surface area contributed by atoms with Crippen molar-refractivity contribution < 1.29 is 4.39 Å². The maximum Gasteiger partial charge on any atom is 0.149 e. The molecule has 1 heterocycles. The zero-order valence-electron chi connectivity index (χ0n) is 10.2. The minimum atomic E-state index is -0.300. The van der Waals surface area contributed by atoms with E-state index in [9.17, 15) is 4.39 Å².